The number of halogens is 3. The highest BCUT2D eigenvalue weighted by molar-refractivity contribution is 6.31. The van der Waals surface area contributed by atoms with E-state index < -0.39 is 17.4 Å². The molecule has 0 aromatic heterocycles. The van der Waals surface area contributed by atoms with E-state index in [2.05, 4.69) is 5.32 Å². The molecule has 1 saturated heterocycles. The molecule has 2 rings (SSSR count). The fourth-order valence-electron chi connectivity index (χ4n) is 2.49. The van der Waals surface area contributed by atoms with Gasteiger partial charge in [-0.1, -0.05) is 36.7 Å². The highest BCUT2D eigenvalue weighted by Crippen LogP contribution is 2.33. The maximum Gasteiger partial charge on any atom is 0.351 e. The zero-order chi connectivity index (χ0) is 14.9. The average Bonchev–Trinajstić information content (AvgIpc) is 2.68. The number of carbonyl (C=O) groups excluding carboxylic acids is 1. The van der Waals surface area contributed by atoms with E-state index in [1.165, 1.54) is 18.2 Å². The molecular weight excluding hydrogens is 286 g/mol. The Bertz CT molecular complexity index is 510. The molecule has 0 bridgehead atoms. The monoisotopic (exact) mass is 302 g/mol. The van der Waals surface area contributed by atoms with Crippen LogP contribution < -0.4 is 5.32 Å². The molecule has 0 saturated carbocycles. The van der Waals surface area contributed by atoms with Gasteiger partial charge in [0.25, 0.3) is 5.91 Å². The van der Waals surface area contributed by atoms with Crippen molar-refractivity contribution >= 4 is 17.5 Å². The summed E-state index contributed by atoms with van der Waals surface area (Å²) < 4.78 is 28.4. The van der Waals surface area contributed by atoms with E-state index in [-0.39, 0.29) is 17.0 Å². The molecule has 1 heterocycles. The smallest absolute Gasteiger partial charge is 0.346 e. The van der Waals surface area contributed by atoms with Crippen molar-refractivity contribution in [2.45, 2.75) is 18.9 Å². The molecule has 0 radical (unpaired) electrons. The first-order chi connectivity index (χ1) is 9.32. The summed E-state index contributed by atoms with van der Waals surface area (Å²) in [7, 11) is 1.90. The Morgan fingerprint density at radius 2 is 2.05 bits per heavy atom. The normalized spacial score (nSPS) is 23.9. The van der Waals surface area contributed by atoms with Gasteiger partial charge >= 0.3 is 5.92 Å². The van der Waals surface area contributed by atoms with Crippen molar-refractivity contribution in [1.29, 1.82) is 0 Å². The Hall–Kier alpha value is -1.20. The minimum Gasteiger partial charge on any atom is -0.346 e. The van der Waals surface area contributed by atoms with Crippen LogP contribution in [0.5, 0.6) is 0 Å². The molecule has 1 aliphatic heterocycles. The van der Waals surface area contributed by atoms with Gasteiger partial charge in [0.15, 0.2) is 0 Å². The summed E-state index contributed by atoms with van der Waals surface area (Å²) in [6, 6.07) is 5.25. The Balaban J connectivity index is 2.14. The molecule has 20 heavy (non-hydrogen) atoms. The number of benzene rings is 1. The van der Waals surface area contributed by atoms with Gasteiger partial charge in [0.05, 0.1) is 5.02 Å². The van der Waals surface area contributed by atoms with E-state index in [1.807, 2.05) is 18.9 Å². The standard InChI is InChI=1S/C14H17ClF2N2O/c1-9-7-19(2)8-12(9)18-13(20)14(16,17)10-5-3-4-6-11(10)15/h3-6,9,12H,7-8H2,1-2H3,(H,18,20). The molecule has 1 fully saturated rings. The van der Waals surface area contributed by atoms with Crippen LogP contribution in [0.2, 0.25) is 5.02 Å². The second-order valence-corrected chi connectivity index (χ2v) is 5.74. The lowest BCUT2D eigenvalue weighted by Crippen LogP contribution is -2.46. The van der Waals surface area contributed by atoms with Gasteiger partial charge in [-0.3, -0.25) is 4.79 Å². The molecule has 1 aromatic carbocycles. The summed E-state index contributed by atoms with van der Waals surface area (Å²) in [6.45, 7) is 3.29. The Morgan fingerprint density at radius 3 is 2.60 bits per heavy atom. The number of alkyl halides is 2. The van der Waals surface area contributed by atoms with Crippen molar-refractivity contribution < 1.29 is 13.6 Å². The maximum atomic E-state index is 14.2. The molecule has 1 amide bonds. The number of amides is 1. The van der Waals surface area contributed by atoms with E-state index in [1.54, 1.807) is 6.07 Å². The first-order valence-electron chi connectivity index (χ1n) is 6.44. The van der Waals surface area contributed by atoms with Gasteiger partial charge in [0, 0.05) is 24.7 Å². The van der Waals surface area contributed by atoms with Crippen molar-refractivity contribution in [3.8, 4) is 0 Å². The Labute approximate surface area is 121 Å². The minimum absolute atomic E-state index is 0.107. The van der Waals surface area contributed by atoms with E-state index in [4.69, 9.17) is 11.6 Å². The molecule has 2 atom stereocenters. The summed E-state index contributed by atoms with van der Waals surface area (Å²) >= 11 is 5.75. The third-order valence-electron chi connectivity index (χ3n) is 3.61. The number of nitrogens with one attached hydrogen (secondary N) is 1. The molecule has 6 heteroatoms. The Kier molecular flexibility index (Phi) is 4.30. The molecule has 3 nitrogen and oxygen atoms in total. The molecule has 2 unspecified atom stereocenters. The zero-order valence-corrected chi connectivity index (χ0v) is 12.1. The highest BCUT2D eigenvalue weighted by Gasteiger charge is 2.44. The fraction of sp³-hybridized carbons (Fsp3) is 0.500. The molecule has 110 valence electrons. The number of likely N-dealkylation sites (tertiary alicyclic amines) is 1. The third-order valence-corrected chi connectivity index (χ3v) is 3.94. The second-order valence-electron chi connectivity index (χ2n) is 5.33. The van der Waals surface area contributed by atoms with Crippen LogP contribution >= 0.6 is 11.6 Å². The van der Waals surface area contributed by atoms with Gasteiger partial charge in [0.2, 0.25) is 0 Å². The summed E-state index contributed by atoms with van der Waals surface area (Å²) in [6.07, 6.45) is 0. The van der Waals surface area contributed by atoms with Crippen molar-refractivity contribution in [1.82, 2.24) is 10.2 Å². The molecular formula is C14H17ClF2N2O. The van der Waals surface area contributed by atoms with Crippen LogP contribution in [0.15, 0.2) is 24.3 Å². The molecule has 0 spiro atoms. The van der Waals surface area contributed by atoms with Crippen LogP contribution in [0, 0.1) is 5.92 Å². The molecule has 1 N–H and O–H groups in total. The van der Waals surface area contributed by atoms with Crippen LogP contribution in [-0.4, -0.2) is 37.0 Å². The van der Waals surface area contributed by atoms with E-state index >= 15 is 0 Å². The number of hydrogen-bond donors (Lipinski definition) is 1. The van der Waals surface area contributed by atoms with Crippen molar-refractivity contribution in [2.75, 3.05) is 20.1 Å². The fourth-order valence-corrected chi connectivity index (χ4v) is 2.75. The van der Waals surface area contributed by atoms with Gasteiger partial charge < -0.3 is 10.2 Å². The SMILES string of the molecule is CC1CN(C)CC1NC(=O)C(F)(F)c1ccccc1Cl. The summed E-state index contributed by atoms with van der Waals surface area (Å²) in [4.78, 5) is 13.9. The van der Waals surface area contributed by atoms with E-state index in [9.17, 15) is 13.6 Å². The number of carbonyl (C=O) groups is 1. The van der Waals surface area contributed by atoms with Crippen molar-refractivity contribution in [3.05, 3.63) is 34.9 Å². The number of hydrogen-bond acceptors (Lipinski definition) is 2. The molecule has 0 aliphatic carbocycles. The topological polar surface area (TPSA) is 32.3 Å². The molecule has 1 aliphatic rings. The minimum atomic E-state index is -3.63. The van der Waals surface area contributed by atoms with Crippen LogP contribution in [-0.2, 0) is 10.7 Å². The van der Waals surface area contributed by atoms with Crippen LogP contribution in [0.4, 0.5) is 8.78 Å². The lowest BCUT2D eigenvalue weighted by Gasteiger charge is -2.22. The maximum absolute atomic E-state index is 14.2. The lowest BCUT2D eigenvalue weighted by molar-refractivity contribution is -0.148. The van der Waals surface area contributed by atoms with Gasteiger partial charge in [-0.2, -0.15) is 8.78 Å². The van der Waals surface area contributed by atoms with Gasteiger partial charge in [-0.05, 0) is 19.0 Å². The largest absolute Gasteiger partial charge is 0.351 e. The average molecular weight is 303 g/mol. The summed E-state index contributed by atoms with van der Waals surface area (Å²) in [5, 5.41) is 2.33. The number of likely N-dealkylation sites (N-methyl/N-ethyl adjacent to an activating group) is 1. The zero-order valence-electron chi connectivity index (χ0n) is 11.4. The number of nitrogens with zero attached hydrogens (tertiary/aromatic N) is 1. The van der Waals surface area contributed by atoms with E-state index in [0.717, 1.165) is 6.54 Å². The third kappa shape index (κ3) is 2.94. The highest BCUT2D eigenvalue weighted by atomic mass is 35.5. The second kappa shape index (κ2) is 5.66. The Morgan fingerprint density at radius 1 is 1.40 bits per heavy atom. The quantitative estimate of drug-likeness (QED) is 0.930. The predicted molar refractivity (Wildman–Crippen MR) is 73.9 cm³/mol. The van der Waals surface area contributed by atoms with Crippen LogP contribution in [0.1, 0.15) is 12.5 Å². The number of rotatable bonds is 3. The van der Waals surface area contributed by atoms with Crippen LogP contribution in [0.3, 0.4) is 0 Å². The van der Waals surface area contributed by atoms with Gasteiger partial charge in [-0.15, -0.1) is 0 Å². The van der Waals surface area contributed by atoms with Gasteiger partial charge in [0.1, 0.15) is 0 Å². The summed E-state index contributed by atoms with van der Waals surface area (Å²) in [5.41, 5.74) is -0.460. The first-order valence-corrected chi connectivity index (χ1v) is 6.82. The summed E-state index contributed by atoms with van der Waals surface area (Å²) in [5.74, 6) is -4.78. The van der Waals surface area contributed by atoms with Crippen molar-refractivity contribution in [3.63, 3.8) is 0 Å². The van der Waals surface area contributed by atoms with Crippen LogP contribution in [0.25, 0.3) is 0 Å². The van der Waals surface area contributed by atoms with Crippen molar-refractivity contribution in [2.24, 2.45) is 5.92 Å². The molecule has 1 aromatic rings. The van der Waals surface area contributed by atoms with E-state index in [0.29, 0.717) is 6.54 Å². The predicted octanol–water partition coefficient (Wildman–Crippen LogP) is 2.50. The van der Waals surface area contributed by atoms with Gasteiger partial charge in [-0.25, -0.2) is 0 Å². The first kappa shape index (κ1) is 15.2. The lowest BCUT2D eigenvalue weighted by atomic mass is 10.0.